The molecule has 1 aliphatic carbocycles. The maximum atomic E-state index is 14.1. The van der Waals surface area contributed by atoms with Crippen molar-refractivity contribution < 1.29 is 13.6 Å². The molecule has 3 aromatic rings. The number of tetrazole rings is 1. The average Bonchev–Trinajstić information content (AvgIpc) is 3.61. The summed E-state index contributed by atoms with van der Waals surface area (Å²) in [5.74, 6) is 0.556. The van der Waals surface area contributed by atoms with Gasteiger partial charge in [0, 0.05) is 23.7 Å². The Morgan fingerprint density at radius 1 is 1.05 bits per heavy atom. The van der Waals surface area contributed by atoms with Crippen LogP contribution in [-0.4, -0.2) is 43.9 Å². The van der Waals surface area contributed by atoms with E-state index in [2.05, 4.69) is 25.9 Å². The molecule has 2 aliphatic rings. The summed E-state index contributed by atoms with van der Waals surface area (Å²) in [6.07, 6.45) is 3.69. The number of hydrogen-bond donors (Lipinski definition) is 2. The predicted octanol–water partition coefficient (Wildman–Crippen LogP) is 6.08. The Morgan fingerprint density at radius 2 is 1.79 bits per heavy atom. The van der Waals surface area contributed by atoms with Crippen molar-refractivity contribution >= 4 is 5.78 Å². The van der Waals surface area contributed by atoms with Crippen molar-refractivity contribution in [2.45, 2.75) is 77.4 Å². The second-order valence-corrected chi connectivity index (χ2v) is 10.2. The molecule has 2 heterocycles. The summed E-state index contributed by atoms with van der Waals surface area (Å²) in [7, 11) is 0. The number of alkyl halides is 2. The molecule has 9 heteroatoms. The second kappa shape index (κ2) is 11.8. The first-order chi connectivity index (χ1) is 18.6. The van der Waals surface area contributed by atoms with E-state index in [1.807, 2.05) is 60.4 Å². The second-order valence-electron chi connectivity index (χ2n) is 10.2. The van der Waals surface area contributed by atoms with Gasteiger partial charge in [-0.15, -0.1) is 5.10 Å². The zero-order valence-corrected chi connectivity index (χ0v) is 21.7. The monoisotopic (exact) mass is 520 g/mol. The number of carbonyl (C=O) groups excluding carboxylic acids is 1. The molecule has 38 heavy (non-hydrogen) atoms. The highest BCUT2D eigenvalue weighted by molar-refractivity contribution is 5.87. The number of H-pyrrole nitrogens is 1. The number of aromatic amines is 1. The molecule has 2 aromatic carbocycles. The number of allylic oxidation sites excluding steroid dienone is 2. The molecule has 0 bridgehead atoms. The highest BCUT2D eigenvalue weighted by atomic mass is 19.3. The lowest BCUT2D eigenvalue weighted by Crippen LogP contribution is -2.47. The maximum absolute atomic E-state index is 14.1. The molecule has 1 saturated carbocycles. The quantitative estimate of drug-likeness (QED) is 0.337. The highest BCUT2D eigenvalue weighted by Crippen LogP contribution is 2.35. The van der Waals surface area contributed by atoms with Crippen molar-refractivity contribution in [2.24, 2.45) is 5.92 Å². The molecule has 0 saturated heterocycles. The Morgan fingerprint density at radius 3 is 2.45 bits per heavy atom. The molecule has 0 amide bonds. The van der Waals surface area contributed by atoms with Gasteiger partial charge in [-0.05, 0) is 52.8 Å². The van der Waals surface area contributed by atoms with E-state index in [1.54, 1.807) is 0 Å². The number of rotatable bonds is 10. The van der Waals surface area contributed by atoms with Gasteiger partial charge in [-0.2, -0.15) is 0 Å². The van der Waals surface area contributed by atoms with Gasteiger partial charge in [-0.25, -0.2) is 13.9 Å². The Balaban J connectivity index is 1.42. The maximum Gasteiger partial charge on any atom is 0.279 e. The van der Waals surface area contributed by atoms with E-state index >= 15 is 0 Å². The zero-order valence-electron chi connectivity index (χ0n) is 21.7. The van der Waals surface area contributed by atoms with Crippen LogP contribution in [0.3, 0.4) is 0 Å². The Hall–Kier alpha value is -3.62. The van der Waals surface area contributed by atoms with Crippen LogP contribution in [0.1, 0.15) is 63.9 Å². The van der Waals surface area contributed by atoms with Crippen LogP contribution in [0, 0.1) is 5.92 Å². The normalized spacial score (nSPS) is 18.3. The number of nitrogens with one attached hydrogen (secondary N) is 2. The summed E-state index contributed by atoms with van der Waals surface area (Å²) in [4.78, 5) is 15.5. The lowest BCUT2D eigenvalue weighted by Gasteiger charge is -2.32. The fourth-order valence-corrected chi connectivity index (χ4v) is 5.65. The third kappa shape index (κ3) is 5.47. The molecule has 1 aliphatic heterocycles. The van der Waals surface area contributed by atoms with Crippen LogP contribution in [0.15, 0.2) is 59.9 Å². The summed E-state index contributed by atoms with van der Waals surface area (Å²) >= 11 is 0. The van der Waals surface area contributed by atoms with E-state index < -0.39 is 12.6 Å². The largest absolute Gasteiger partial charge is 0.356 e. The number of Topliss-reactive ketones (excluding diaryl/α,β-unsaturated/α-hetero) is 1. The fraction of sp³-hybridized carbons (Fsp3) is 0.448. The predicted molar refractivity (Wildman–Crippen MR) is 142 cm³/mol. The lowest BCUT2D eigenvalue weighted by atomic mass is 9.85. The van der Waals surface area contributed by atoms with Crippen LogP contribution in [0.2, 0.25) is 0 Å². The van der Waals surface area contributed by atoms with Gasteiger partial charge in [0.1, 0.15) is 0 Å². The average molecular weight is 521 g/mol. The number of carbonyl (C=O) groups is 1. The third-order valence-corrected chi connectivity index (χ3v) is 7.67. The van der Waals surface area contributed by atoms with Gasteiger partial charge in [0.15, 0.2) is 17.8 Å². The van der Waals surface area contributed by atoms with E-state index in [0.717, 1.165) is 67.2 Å². The van der Waals surface area contributed by atoms with E-state index in [1.165, 1.54) is 0 Å². The minimum Gasteiger partial charge on any atom is -0.356 e. The number of ketones is 1. The van der Waals surface area contributed by atoms with Crippen LogP contribution in [0.5, 0.6) is 0 Å². The highest BCUT2D eigenvalue weighted by Gasteiger charge is 2.41. The molecule has 1 aromatic heterocycles. The van der Waals surface area contributed by atoms with Crippen molar-refractivity contribution in [3.8, 4) is 22.5 Å². The van der Waals surface area contributed by atoms with Crippen LogP contribution >= 0.6 is 0 Å². The Kier molecular flexibility index (Phi) is 8.10. The number of benzene rings is 2. The Labute approximate surface area is 221 Å². The van der Waals surface area contributed by atoms with E-state index in [4.69, 9.17) is 0 Å². The fourth-order valence-electron chi connectivity index (χ4n) is 5.65. The van der Waals surface area contributed by atoms with Crippen LogP contribution in [-0.2, 0) is 11.3 Å². The molecule has 1 unspecified atom stereocenters. The molecule has 1 fully saturated rings. The van der Waals surface area contributed by atoms with Gasteiger partial charge in [0.05, 0.1) is 5.70 Å². The van der Waals surface area contributed by atoms with Gasteiger partial charge in [0.25, 0.3) is 6.43 Å². The van der Waals surface area contributed by atoms with Crippen LogP contribution < -0.4 is 5.32 Å². The summed E-state index contributed by atoms with van der Waals surface area (Å²) in [5.41, 5.74) is 4.31. The molecule has 1 atom stereocenters. The van der Waals surface area contributed by atoms with E-state index in [9.17, 15) is 13.6 Å². The number of hydrogen-bond acceptors (Lipinski definition) is 6. The molecule has 0 spiro atoms. The van der Waals surface area contributed by atoms with Crippen molar-refractivity contribution in [2.75, 3.05) is 0 Å². The zero-order chi connectivity index (χ0) is 26.5. The minimum absolute atomic E-state index is 0.0422. The molecule has 2 N–H and O–H groups in total. The number of unbranched alkanes of at least 4 members (excludes halogenated alkanes) is 1. The number of aromatic nitrogens is 4. The standard InChI is InChI=1S/C29H34F2N6O/c1-2-3-13-24-25(27(30)31)32-29(26(38)21-9-5-4-6-10-21)37(24)18-19-14-16-20(17-15-19)22-11-7-8-12-23(22)28-33-35-36-34-28/h7-8,11-12,14-17,21,27,29,32H,2-6,9-10,13,18H2,1H3,(H,33,34,35,36). The number of nitrogens with zero attached hydrogens (tertiary/aromatic N) is 4. The molecule has 5 rings (SSSR count). The molecule has 7 nitrogen and oxygen atoms in total. The van der Waals surface area contributed by atoms with E-state index in [0.29, 0.717) is 24.5 Å². The summed E-state index contributed by atoms with van der Waals surface area (Å²) < 4.78 is 28.3. The first kappa shape index (κ1) is 26.0. The van der Waals surface area contributed by atoms with Gasteiger partial charge >= 0.3 is 0 Å². The van der Waals surface area contributed by atoms with Gasteiger partial charge < -0.3 is 10.2 Å². The SMILES string of the molecule is CCCCC1=C(C(F)F)NC(C(=O)C2CCCCC2)N1Cc1ccc(-c2ccccc2-c2nnn[nH]2)cc1. The van der Waals surface area contributed by atoms with Crippen LogP contribution in [0.25, 0.3) is 22.5 Å². The first-order valence-electron chi connectivity index (χ1n) is 13.6. The topological polar surface area (TPSA) is 86.8 Å². The minimum atomic E-state index is -2.64. The summed E-state index contributed by atoms with van der Waals surface area (Å²) in [6, 6.07) is 15.9. The van der Waals surface area contributed by atoms with Crippen molar-refractivity contribution in [1.82, 2.24) is 30.8 Å². The molecule has 200 valence electrons. The van der Waals surface area contributed by atoms with Gasteiger partial charge in [-0.1, -0.05) is 81.1 Å². The number of halogens is 2. The van der Waals surface area contributed by atoms with Gasteiger partial charge in [0.2, 0.25) is 0 Å². The molecule has 0 radical (unpaired) electrons. The van der Waals surface area contributed by atoms with Crippen molar-refractivity contribution in [3.05, 3.63) is 65.5 Å². The lowest BCUT2D eigenvalue weighted by molar-refractivity contribution is -0.129. The van der Waals surface area contributed by atoms with Crippen LogP contribution in [0.4, 0.5) is 8.78 Å². The smallest absolute Gasteiger partial charge is 0.279 e. The van der Waals surface area contributed by atoms with E-state index in [-0.39, 0.29) is 17.4 Å². The first-order valence-corrected chi connectivity index (χ1v) is 13.6. The van der Waals surface area contributed by atoms with Crippen molar-refractivity contribution in [3.63, 3.8) is 0 Å². The molecular formula is C29H34F2N6O. The summed E-state index contributed by atoms with van der Waals surface area (Å²) in [6.45, 7) is 2.44. The summed E-state index contributed by atoms with van der Waals surface area (Å²) in [5, 5.41) is 17.2. The van der Waals surface area contributed by atoms with Gasteiger partial charge in [-0.3, -0.25) is 4.79 Å². The molecular weight excluding hydrogens is 486 g/mol. The third-order valence-electron chi connectivity index (χ3n) is 7.67. The Bertz CT molecular complexity index is 1250. The van der Waals surface area contributed by atoms with Crippen molar-refractivity contribution in [1.29, 1.82) is 0 Å².